The van der Waals surface area contributed by atoms with Gasteiger partial charge in [0.25, 0.3) is 0 Å². The number of benzene rings is 2. The van der Waals surface area contributed by atoms with Crippen LogP contribution in [0.15, 0.2) is 66.0 Å². The number of thiophene rings is 1. The lowest BCUT2D eigenvalue weighted by molar-refractivity contribution is -0.0281. The van der Waals surface area contributed by atoms with Crippen molar-refractivity contribution >= 4 is 17.3 Å². The van der Waals surface area contributed by atoms with E-state index < -0.39 is 5.97 Å². The molecule has 1 atom stereocenters. The first-order valence-corrected chi connectivity index (χ1v) is 11.0. The summed E-state index contributed by atoms with van der Waals surface area (Å²) in [5.74, 6) is -1.12. The maximum atomic E-state index is 13.4. The second kappa shape index (κ2) is 9.51. The summed E-state index contributed by atoms with van der Waals surface area (Å²) in [6.45, 7) is 2.55. The molecule has 1 unspecified atom stereocenters. The fourth-order valence-corrected chi connectivity index (χ4v) is 4.58. The first-order valence-electron chi connectivity index (χ1n) is 10.1. The van der Waals surface area contributed by atoms with E-state index in [1.54, 1.807) is 18.2 Å². The van der Waals surface area contributed by atoms with Crippen molar-refractivity contribution in [2.75, 3.05) is 13.1 Å². The first kappa shape index (κ1) is 20.7. The Balaban J connectivity index is 1.39. The number of carbonyl (C=O) groups is 1. The number of hydrogen-bond acceptors (Lipinski definition) is 4. The van der Waals surface area contributed by atoms with Crippen LogP contribution in [0.3, 0.4) is 0 Å². The molecule has 1 aromatic heterocycles. The number of hydrogen-bond donors (Lipinski definition) is 1. The van der Waals surface area contributed by atoms with Gasteiger partial charge >= 0.3 is 5.97 Å². The SMILES string of the molecule is O=C(O)c1cc(CN2CCC(OC(c3ccccc3)c3ccc(F)cc3)CC2)cs1. The minimum atomic E-state index is -0.869. The summed E-state index contributed by atoms with van der Waals surface area (Å²) in [4.78, 5) is 13.8. The molecule has 0 saturated carbocycles. The highest BCUT2D eigenvalue weighted by molar-refractivity contribution is 7.12. The van der Waals surface area contributed by atoms with Gasteiger partial charge in [0.2, 0.25) is 0 Å². The first-order chi connectivity index (χ1) is 14.6. The lowest BCUT2D eigenvalue weighted by Gasteiger charge is -2.34. The molecule has 3 aromatic rings. The van der Waals surface area contributed by atoms with Crippen LogP contribution in [0, 0.1) is 5.82 Å². The van der Waals surface area contributed by atoms with Crippen LogP contribution in [0.4, 0.5) is 4.39 Å². The second-order valence-electron chi connectivity index (χ2n) is 7.58. The third kappa shape index (κ3) is 5.14. The van der Waals surface area contributed by atoms with Crippen molar-refractivity contribution in [3.63, 3.8) is 0 Å². The molecule has 6 heteroatoms. The lowest BCUT2D eigenvalue weighted by atomic mass is 10.00. The molecule has 2 heterocycles. The van der Waals surface area contributed by atoms with E-state index in [0.717, 1.165) is 49.2 Å². The number of carboxylic acid groups (broad SMARTS) is 1. The van der Waals surface area contributed by atoms with Gasteiger partial charge in [0.1, 0.15) is 16.8 Å². The van der Waals surface area contributed by atoms with Gasteiger partial charge in [0.15, 0.2) is 0 Å². The average molecular weight is 426 g/mol. The van der Waals surface area contributed by atoms with Gasteiger partial charge in [-0.05, 0) is 53.1 Å². The minimum Gasteiger partial charge on any atom is -0.477 e. The summed E-state index contributed by atoms with van der Waals surface area (Å²) in [7, 11) is 0. The van der Waals surface area contributed by atoms with E-state index in [1.807, 2.05) is 35.7 Å². The van der Waals surface area contributed by atoms with Crippen LogP contribution in [0.2, 0.25) is 0 Å². The summed E-state index contributed by atoms with van der Waals surface area (Å²) in [5, 5.41) is 11.0. The van der Waals surface area contributed by atoms with Crippen LogP contribution in [-0.2, 0) is 11.3 Å². The molecule has 1 aliphatic heterocycles. The van der Waals surface area contributed by atoms with Gasteiger partial charge in [-0.3, -0.25) is 4.90 Å². The van der Waals surface area contributed by atoms with Crippen molar-refractivity contribution in [3.8, 4) is 0 Å². The molecule has 156 valence electrons. The zero-order valence-corrected chi connectivity index (χ0v) is 17.4. The summed E-state index contributed by atoms with van der Waals surface area (Å²) < 4.78 is 19.9. The molecule has 0 amide bonds. The van der Waals surface area contributed by atoms with Gasteiger partial charge in [-0.25, -0.2) is 9.18 Å². The summed E-state index contributed by atoms with van der Waals surface area (Å²) in [5.41, 5.74) is 3.06. The molecule has 0 spiro atoms. The van der Waals surface area contributed by atoms with Gasteiger partial charge in [-0.1, -0.05) is 42.5 Å². The van der Waals surface area contributed by atoms with Crippen LogP contribution >= 0.6 is 11.3 Å². The third-order valence-corrected chi connectivity index (χ3v) is 6.38. The Morgan fingerprint density at radius 3 is 2.40 bits per heavy atom. The van der Waals surface area contributed by atoms with Crippen molar-refractivity contribution in [2.24, 2.45) is 0 Å². The molecule has 0 radical (unpaired) electrons. The van der Waals surface area contributed by atoms with E-state index in [-0.39, 0.29) is 18.0 Å². The maximum Gasteiger partial charge on any atom is 0.345 e. The molecule has 1 aliphatic rings. The zero-order valence-electron chi connectivity index (χ0n) is 16.5. The number of carboxylic acids is 1. The number of aromatic carboxylic acids is 1. The third-order valence-electron chi connectivity index (χ3n) is 5.41. The largest absolute Gasteiger partial charge is 0.477 e. The molecule has 4 nitrogen and oxygen atoms in total. The van der Waals surface area contributed by atoms with Crippen molar-refractivity contribution in [1.82, 2.24) is 4.90 Å². The average Bonchev–Trinajstić information content (AvgIpc) is 3.23. The van der Waals surface area contributed by atoms with Crippen molar-refractivity contribution in [3.05, 3.63) is 93.4 Å². The van der Waals surface area contributed by atoms with E-state index in [2.05, 4.69) is 4.90 Å². The van der Waals surface area contributed by atoms with Crippen molar-refractivity contribution in [1.29, 1.82) is 0 Å². The summed E-state index contributed by atoms with van der Waals surface area (Å²) in [6, 6.07) is 18.3. The Kier molecular flexibility index (Phi) is 6.57. The topological polar surface area (TPSA) is 49.8 Å². The number of rotatable bonds is 7. The number of halogens is 1. The van der Waals surface area contributed by atoms with Gasteiger partial charge < -0.3 is 9.84 Å². The summed E-state index contributed by atoms with van der Waals surface area (Å²) >= 11 is 1.27. The Labute approximate surface area is 179 Å². The maximum absolute atomic E-state index is 13.4. The van der Waals surface area contributed by atoms with Crippen molar-refractivity contribution in [2.45, 2.75) is 31.6 Å². The van der Waals surface area contributed by atoms with Crippen molar-refractivity contribution < 1.29 is 19.0 Å². The van der Waals surface area contributed by atoms with E-state index in [1.165, 1.54) is 23.5 Å². The second-order valence-corrected chi connectivity index (χ2v) is 8.49. The van der Waals surface area contributed by atoms with Gasteiger partial charge in [0.05, 0.1) is 6.10 Å². The summed E-state index contributed by atoms with van der Waals surface area (Å²) in [6.07, 6.45) is 1.70. The Morgan fingerprint density at radius 2 is 1.77 bits per heavy atom. The molecule has 0 bridgehead atoms. The lowest BCUT2D eigenvalue weighted by Crippen LogP contribution is -2.37. The molecule has 2 aromatic carbocycles. The van der Waals surface area contributed by atoms with Crippen LogP contribution < -0.4 is 0 Å². The smallest absolute Gasteiger partial charge is 0.345 e. The molecular formula is C24H24FNO3S. The van der Waals surface area contributed by atoms with Crippen LogP contribution in [0.5, 0.6) is 0 Å². The molecular weight excluding hydrogens is 401 g/mol. The normalized spacial score (nSPS) is 16.4. The highest BCUT2D eigenvalue weighted by Gasteiger charge is 2.25. The number of piperidine rings is 1. The van der Waals surface area contributed by atoms with Crippen LogP contribution in [-0.4, -0.2) is 35.2 Å². The van der Waals surface area contributed by atoms with Gasteiger partial charge in [0, 0.05) is 19.6 Å². The fraction of sp³-hybridized carbons (Fsp3) is 0.292. The molecule has 4 rings (SSSR count). The van der Waals surface area contributed by atoms with E-state index in [0.29, 0.717) is 4.88 Å². The van der Waals surface area contributed by atoms with E-state index in [4.69, 9.17) is 9.84 Å². The van der Waals surface area contributed by atoms with Gasteiger partial charge in [-0.2, -0.15) is 0 Å². The molecule has 1 N–H and O–H groups in total. The molecule has 1 saturated heterocycles. The Hall–Kier alpha value is -2.54. The zero-order chi connectivity index (χ0) is 20.9. The predicted octanol–water partition coefficient (Wildman–Crippen LogP) is 5.36. The minimum absolute atomic E-state index is 0.119. The predicted molar refractivity (Wildman–Crippen MR) is 115 cm³/mol. The quantitative estimate of drug-likeness (QED) is 0.554. The number of ether oxygens (including phenoxy) is 1. The molecule has 0 aliphatic carbocycles. The highest BCUT2D eigenvalue weighted by Crippen LogP contribution is 2.30. The Bertz CT molecular complexity index is 966. The standard InChI is InChI=1S/C24H24FNO3S/c25-20-8-6-19(7-9-20)23(18-4-2-1-3-5-18)29-21-10-12-26(13-11-21)15-17-14-22(24(27)28)30-16-17/h1-9,14,16,21,23H,10-13,15H2,(H,27,28). The van der Waals surface area contributed by atoms with Crippen LogP contribution in [0.1, 0.15) is 45.3 Å². The number of likely N-dealkylation sites (tertiary alicyclic amines) is 1. The number of nitrogens with zero attached hydrogens (tertiary/aromatic N) is 1. The van der Waals surface area contributed by atoms with E-state index in [9.17, 15) is 9.18 Å². The fourth-order valence-electron chi connectivity index (χ4n) is 3.84. The van der Waals surface area contributed by atoms with Crippen LogP contribution in [0.25, 0.3) is 0 Å². The van der Waals surface area contributed by atoms with E-state index >= 15 is 0 Å². The molecule has 30 heavy (non-hydrogen) atoms. The molecule has 1 fully saturated rings. The van der Waals surface area contributed by atoms with Gasteiger partial charge in [-0.15, -0.1) is 11.3 Å². The Morgan fingerprint density at radius 1 is 1.10 bits per heavy atom. The highest BCUT2D eigenvalue weighted by atomic mass is 32.1. The monoisotopic (exact) mass is 425 g/mol.